The number of carbonyl (C=O) groups excluding carboxylic acids is 1. The van der Waals surface area contributed by atoms with E-state index < -0.39 is 0 Å². The highest BCUT2D eigenvalue weighted by atomic mass is 32.2. The molecule has 1 aliphatic heterocycles. The highest BCUT2D eigenvalue weighted by molar-refractivity contribution is 7.99. The number of para-hydroxylation sites is 1. The maximum atomic E-state index is 12.8. The first kappa shape index (κ1) is 19.3. The van der Waals surface area contributed by atoms with Crippen molar-refractivity contribution < 1.29 is 18.7 Å². The minimum absolute atomic E-state index is 0.0262. The number of ether oxygens (including phenoxy) is 2. The van der Waals surface area contributed by atoms with Gasteiger partial charge in [0.25, 0.3) is 5.22 Å². The molecule has 0 unspecified atom stereocenters. The van der Waals surface area contributed by atoms with Gasteiger partial charge in [-0.1, -0.05) is 30.0 Å². The van der Waals surface area contributed by atoms with Crippen molar-refractivity contribution in [2.24, 2.45) is 0 Å². The Balaban J connectivity index is 1.44. The van der Waals surface area contributed by atoms with Gasteiger partial charge in [-0.3, -0.25) is 4.79 Å². The average Bonchev–Trinajstić information content (AvgIpc) is 3.35. The van der Waals surface area contributed by atoms with Gasteiger partial charge in [0.15, 0.2) is 11.5 Å². The molecule has 0 N–H and O–H groups in total. The molecule has 2 heterocycles. The number of methoxy groups -OCH3 is 2. The molecule has 0 bridgehead atoms. The molecular formula is C21H21N3O4S. The third-order valence-electron chi connectivity index (χ3n) is 4.83. The summed E-state index contributed by atoms with van der Waals surface area (Å²) in [6, 6.07) is 13.5. The summed E-state index contributed by atoms with van der Waals surface area (Å²) in [5, 5.41) is 8.49. The summed E-state index contributed by atoms with van der Waals surface area (Å²) < 4.78 is 16.3. The second-order valence-electron chi connectivity index (χ2n) is 6.68. The lowest BCUT2D eigenvalue weighted by Crippen LogP contribution is -2.36. The fourth-order valence-electron chi connectivity index (χ4n) is 3.49. The standard InChI is InChI=1S/C21H21N3O4S/c1-13-10-14-6-4-5-7-16(14)24(13)19(25)12-29-21-23-22-20(28-21)15-8-9-17(26-2)18(11-15)27-3/h4-9,11,13H,10,12H2,1-3H3/t13-/m1/s1. The number of nitrogens with zero attached hydrogens (tertiary/aromatic N) is 3. The van der Waals surface area contributed by atoms with E-state index in [2.05, 4.69) is 23.2 Å². The van der Waals surface area contributed by atoms with Crippen LogP contribution in [0.25, 0.3) is 11.5 Å². The topological polar surface area (TPSA) is 77.7 Å². The third-order valence-corrected chi connectivity index (χ3v) is 5.64. The smallest absolute Gasteiger partial charge is 0.277 e. The van der Waals surface area contributed by atoms with E-state index in [4.69, 9.17) is 13.9 Å². The first-order valence-electron chi connectivity index (χ1n) is 9.19. The Bertz CT molecular complexity index is 1040. The largest absolute Gasteiger partial charge is 0.493 e. The lowest BCUT2D eigenvalue weighted by molar-refractivity contribution is -0.116. The van der Waals surface area contributed by atoms with E-state index in [9.17, 15) is 4.79 Å². The maximum Gasteiger partial charge on any atom is 0.277 e. The Morgan fingerprint density at radius 3 is 2.76 bits per heavy atom. The molecule has 0 aliphatic carbocycles. The Labute approximate surface area is 173 Å². The highest BCUT2D eigenvalue weighted by Gasteiger charge is 2.30. The van der Waals surface area contributed by atoms with Gasteiger partial charge in [-0.15, -0.1) is 10.2 Å². The first-order chi connectivity index (χ1) is 14.1. The number of fused-ring (bicyclic) bond motifs is 1. The molecule has 0 fully saturated rings. The van der Waals surface area contributed by atoms with Crippen LogP contribution in [0.5, 0.6) is 11.5 Å². The Morgan fingerprint density at radius 1 is 1.17 bits per heavy atom. The lowest BCUT2D eigenvalue weighted by atomic mass is 10.1. The van der Waals surface area contributed by atoms with Crippen LogP contribution in [0.4, 0.5) is 5.69 Å². The van der Waals surface area contributed by atoms with Crippen LogP contribution in [0.1, 0.15) is 12.5 Å². The second kappa shape index (κ2) is 8.16. The normalized spacial score (nSPS) is 15.3. The van der Waals surface area contributed by atoms with Gasteiger partial charge in [0.2, 0.25) is 11.8 Å². The van der Waals surface area contributed by atoms with E-state index in [0.29, 0.717) is 22.6 Å². The van der Waals surface area contributed by atoms with Gasteiger partial charge < -0.3 is 18.8 Å². The molecule has 0 spiro atoms. The van der Waals surface area contributed by atoms with Gasteiger partial charge in [-0.2, -0.15) is 0 Å². The van der Waals surface area contributed by atoms with Crippen molar-refractivity contribution in [3.63, 3.8) is 0 Å². The number of hydrogen-bond donors (Lipinski definition) is 0. The number of rotatable bonds is 6. The van der Waals surface area contributed by atoms with Crippen LogP contribution >= 0.6 is 11.8 Å². The number of benzene rings is 2. The van der Waals surface area contributed by atoms with Crippen molar-refractivity contribution in [1.82, 2.24) is 10.2 Å². The summed E-state index contributed by atoms with van der Waals surface area (Å²) in [6.07, 6.45) is 0.872. The molecule has 2 aromatic carbocycles. The predicted octanol–water partition coefficient (Wildman–Crippen LogP) is 3.82. The number of carbonyl (C=O) groups is 1. The van der Waals surface area contributed by atoms with E-state index in [0.717, 1.165) is 17.7 Å². The van der Waals surface area contributed by atoms with Crippen molar-refractivity contribution in [2.75, 3.05) is 24.9 Å². The van der Waals surface area contributed by atoms with Crippen LogP contribution in [0.2, 0.25) is 0 Å². The number of hydrogen-bond acceptors (Lipinski definition) is 7. The quantitative estimate of drug-likeness (QED) is 0.571. The van der Waals surface area contributed by atoms with Gasteiger partial charge in [-0.05, 0) is 43.2 Å². The van der Waals surface area contributed by atoms with Crippen LogP contribution in [-0.2, 0) is 11.2 Å². The van der Waals surface area contributed by atoms with E-state index in [-0.39, 0.29) is 17.7 Å². The second-order valence-corrected chi connectivity index (χ2v) is 7.60. The van der Waals surface area contributed by atoms with Crippen molar-refractivity contribution in [2.45, 2.75) is 24.6 Å². The summed E-state index contributed by atoms with van der Waals surface area (Å²) in [5.41, 5.74) is 2.91. The molecule has 1 amide bonds. The highest BCUT2D eigenvalue weighted by Crippen LogP contribution is 2.34. The summed E-state index contributed by atoms with van der Waals surface area (Å²) in [4.78, 5) is 14.7. The Kier molecular flexibility index (Phi) is 5.44. The minimum atomic E-state index is 0.0262. The summed E-state index contributed by atoms with van der Waals surface area (Å²) in [5.74, 6) is 1.82. The zero-order valence-electron chi connectivity index (χ0n) is 16.4. The third kappa shape index (κ3) is 3.80. The number of thioether (sulfide) groups is 1. The Morgan fingerprint density at radius 2 is 1.97 bits per heavy atom. The molecular weight excluding hydrogens is 390 g/mol. The van der Waals surface area contributed by atoms with Crippen molar-refractivity contribution >= 4 is 23.4 Å². The van der Waals surface area contributed by atoms with E-state index >= 15 is 0 Å². The van der Waals surface area contributed by atoms with Crippen LogP contribution < -0.4 is 14.4 Å². The van der Waals surface area contributed by atoms with Gasteiger partial charge in [-0.25, -0.2) is 0 Å². The van der Waals surface area contributed by atoms with Crippen LogP contribution in [0.15, 0.2) is 52.1 Å². The molecule has 150 valence electrons. The molecule has 0 saturated carbocycles. The summed E-state index contributed by atoms with van der Waals surface area (Å²) in [6.45, 7) is 2.06. The molecule has 0 saturated heterocycles. The van der Waals surface area contributed by atoms with E-state index in [1.54, 1.807) is 26.4 Å². The van der Waals surface area contributed by atoms with Gasteiger partial charge in [0.05, 0.1) is 20.0 Å². The van der Waals surface area contributed by atoms with Crippen LogP contribution in [-0.4, -0.2) is 42.1 Å². The SMILES string of the molecule is COc1ccc(-c2nnc(SCC(=O)N3c4ccccc4C[C@H]3C)o2)cc1OC. The fourth-order valence-corrected chi connectivity index (χ4v) is 4.12. The van der Waals surface area contributed by atoms with Gasteiger partial charge in [0.1, 0.15) is 0 Å². The molecule has 0 radical (unpaired) electrons. The number of amides is 1. The van der Waals surface area contributed by atoms with Crippen LogP contribution in [0, 0.1) is 0 Å². The van der Waals surface area contributed by atoms with Gasteiger partial charge in [0, 0.05) is 17.3 Å². The van der Waals surface area contributed by atoms with Crippen molar-refractivity contribution in [3.8, 4) is 23.0 Å². The summed E-state index contributed by atoms with van der Waals surface area (Å²) >= 11 is 1.24. The van der Waals surface area contributed by atoms with Crippen molar-refractivity contribution in [3.05, 3.63) is 48.0 Å². The molecule has 1 aromatic heterocycles. The monoisotopic (exact) mass is 411 g/mol. The molecule has 3 aromatic rings. The van der Waals surface area contributed by atoms with E-state index in [1.165, 1.54) is 17.3 Å². The number of anilines is 1. The predicted molar refractivity (Wildman–Crippen MR) is 111 cm³/mol. The minimum Gasteiger partial charge on any atom is -0.493 e. The van der Waals surface area contributed by atoms with Crippen LogP contribution in [0.3, 0.4) is 0 Å². The lowest BCUT2D eigenvalue weighted by Gasteiger charge is -2.22. The Hall–Kier alpha value is -3.00. The van der Waals surface area contributed by atoms with Crippen molar-refractivity contribution in [1.29, 1.82) is 0 Å². The molecule has 1 aliphatic rings. The average molecular weight is 411 g/mol. The maximum absolute atomic E-state index is 12.8. The molecule has 7 nitrogen and oxygen atoms in total. The van der Waals surface area contributed by atoms with Gasteiger partial charge >= 0.3 is 0 Å². The first-order valence-corrected chi connectivity index (χ1v) is 10.2. The molecule has 4 rings (SSSR count). The molecule has 1 atom stereocenters. The van der Waals surface area contributed by atoms with E-state index in [1.807, 2.05) is 29.2 Å². The summed E-state index contributed by atoms with van der Waals surface area (Å²) in [7, 11) is 3.15. The molecule has 29 heavy (non-hydrogen) atoms. The zero-order chi connectivity index (χ0) is 20.4. The molecule has 8 heteroatoms. The number of aromatic nitrogens is 2. The zero-order valence-corrected chi connectivity index (χ0v) is 17.2. The fraction of sp³-hybridized carbons (Fsp3) is 0.286.